The summed E-state index contributed by atoms with van der Waals surface area (Å²) in [7, 11) is 0. The van der Waals surface area contributed by atoms with Gasteiger partial charge < -0.3 is 5.32 Å². The zero-order valence-electron chi connectivity index (χ0n) is 6.77. The average molecular weight is 176 g/mol. The third-order valence-corrected chi connectivity index (χ3v) is 2.59. The molecule has 1 atom stereocenters. The fourth-order valence-corrected chi connectivity index (χ4v) is 1.11. The predicted molar refractivity (Wildman–Crippen MR) is 45.7 cm³/mol. The maximum atomic E-state index is 11.2. The minimum atomic E-state index is -0.0442. The van der Waals surface area contributed by atoms with Crippen LogP contribution in [0.1, 0.15) is 26.2 Å². The highest BCUT2D eigenvalue weighted by molar-refractivity contribution is 6.19. The molecule has 2 nitrogen and oxygen atoms in total. The summed E-state index contributed by atoms with van der Waals surface area (Å²) in [5.74, 6) is 0.473. The molecule has 1 aliphatic rings. The van der Waals surface area contributed by atoms with Crippen molar-refractivity contribution in [3.05, 3.63) is 0 Å². The Morgan fingerprint density at radius 3 is 2.73 bits per heavy atom. The summed E-state index contributed by atoms with van der Waals surface area (Å²) in [5, 5.41) is 2.94. The summed E-state index contributed by atoms with van der Waals surface area (Å²) in [4.78, 5) is 11.2. The lowest BCUT2D eigenvalue weighted by atomic mass is 9.93. The fraction of sp³-hybridized carbons (Fsp3) is 0.875. The molecule has 1 saturated carbocycles. The smallest absolute Gasteiger partial charge is 0.224 e. The molecule has 1 aliphatic carbocycles. The highest BCUT2D eigenvalue weighted by Crippen LogP contribution is 2.18. The summed E-state index contributed by atoms with van der Waals surface area (Å²) < 4.78 is 0. The van der Waals surface area contributed by atoms with E-state index in [1.54, 1.807) is 0 Å². The second-order valence-corrected chi connectivity index (χ2v) is 3.50. The van der Waals surface area contributed by atoms with Crippen LogP contribution in [-0.4, -0.2) is 17.8 Å². The molecule has 64 valence electrons. The number of hydrogen-bond donors (Lipinski definition) is 1. The second-order valence-electron chi connectivity index (χ2n) is 3.19. The molecule has 1 N–H and O–H groups in total. The lowest BCUT2D eigenvalue weighted by Gasteiger charge is -2.27. The maximum absolute atomic E-state index is 11.2. The molecule has 0 heterocycles. The van der Waals surface area contributed by atoms with Gasteiger partial charge in [0.1, 0.15) is 0 Å². The first-order chi connectivity index (χ1) is 5.24. The summed E-state index contributed by atoms with van der Waals surface area (Å²) >= 11 is 5.53. The number of halogens is 1. The zero-order valence-corrected chi connectivity index (χ0v) is 7.53. The van der Waals surface area contributed by atoms with Gasteiger partial charge in [0, 0.05) is 17.8 Å². The van der Waals surface area contributed by atoms with Crippen LogP contribution in [0.5, 0.6) is 0 Å². The van der Waals surface area contributed by atoms with E-state index in [0.717, 1.165) is 12.8 Å². The van der Waals surface area contributed by atoms with Crippen LogP contribution in [0.3, 0.4) is 0 Å². The van der Waals surface area contributed by atoms with Gasteiger partial charge in [0.05, 0.1) is 0 Å². The molecule has 1 rings (SSSR count). The number of amides is 1. The van der Waals surface area contributed by atoms with E-state index >= 15 is 0 Å². The topological polar surface area (TPSA) is 29.1 Å². The highest BCUT2D eigenvalue weighted by Gasteiger charge is 2.21. The number of hydrogen-bond acceptors (Lipinski definition) is 1. The summed E-state index contributed by atoms with van der Waals surface area (Å²) in [6.45, 7) is 1.85. The van der Waals surface area contributed by atoms with Gasteiger partial charge in [-0.15, -0.1) is 11.6 Å². The normalized spacial score (nSPS) is 20.5. The summed E-state index contributed by atoms with van der Waals surface area (Å²) in [6.07, 6.45) is 3.53. The van der Waals surface area contributed by atoms with Crippen LogP contribution in [0.15, 0.2) is 0 Å². The van der Waals surface area contributed by atoms with Crippen LogP contribution in [0.25, 0.3) is 0 Å². The van der Waals surface area contributed by atoms with Gasteiger partial charge in [0.15, 0.2) is 0 Å². The van der Waals surface area contributed by atoms with Crippen molar-refractivity contribution in [3.8, 4) is 0 Å². The number of carbonyl (C=O) groups excluding carboxylic acids is 1. The standard InChI is InChI=1S/C8H14ClNO/c1-6(5-9)8(11)10-7-3-2-4-7/h6-7H,2-5H2,1H3,(H,10,11). The largest absolute Gasteiger partial charge is 0.353 e. The molecule has 11 heavy (non-hydrogen) atoms. The molecule has 0 aromatic heterocycles. The molecule has 1 amide bonds. The number of nitrogens with one attached hydrogen (secondary N) is 1. The first-order valence-corrected chi connectivity index (χ1v) is 4.64. The summed E-state index contributed by atoms with van der Waals surface area (Å²) in [6, 6.07) is 0.438. The molecule has 1 unspecified atom stereocenters. The van der Waals surface area contributed by atoms with E-state index in [9.17, 15) is 4.79 Å². The molecule has 0 aromatic rings. The minimum Gasteiger partial charge on any atom is -0.353 e. The van der Waals surface area contributed by atoms with Crippen LogP contribution in [-0.2, 0) is 4.79 Å². The van der Waals surface area contributed by atoms with E-state index < -0.39 is 0 Å². The molecule has 0 aliphatic heterocycles. The minimum absolute atomic E-state index is 0.0442. The van der Waals surface area contributed by atoms with Crippen molar-refractivity contribution in [3.63, 3.8) is 0 Å². The van der Waals surface area contributed by atoms with Crippen molar-refractivity contribution < 1.29 is 4.79 Å². The van der Waals surface area contributed by atoms with E-state index in [4.69, 9.17) is 11.6 Å². The van der Waals surface area contributed by atoms with E-state index in [-0.39, 0.29) is 11.8 Å². The van der Waals surface area contributed by atoms with Gasteiger partial charge in [-0.1, -0.05) is 6.92 Å². The molecular weight excluding hydrogens is 162 g/mol. The highest BCUT2D eigenvalue weighted by atomic mass is 35.5. The van der Waals surface area contributed by atoms with Crippen LogP contribution >= 0.6 is 11.6 Å². The van der Waals surface area contributed by atoms with Crippen molar-refractivity contribution >= 4 is 17.5 Å². The first-order valence-electron chi connectivity index (χ1n) is 4.10. The molecular formula is C8H14ClNO. The van der Waals surface area contributed by atoms with Crippen molar-refractivity contribution in [1.29, 1.82) is 0 Å². The van der Waals surface area contributed by atoms with Crippen LogP contribution in [0, 0.1) is 5.92 Å². The Bertz CT molecular complexity index is 145. The molecule has 1 fully saturated rings. The van der Waals surface area contributed by atoms with Gasteiger partial charge >= 0.3 is 0 Å². The van der Waals surface area contributed by atoms with Gasteiger partial charge in [0.25, 0.3) is 0 Å². The molecule has 0 saturated heterocycles. The quantitative estimate of drug-likeness (QED) is 0.648. The Labute approximate surface area is 72.3 Å². The Morgan fingerprint density at radius 2 is 2.36 bits per heavy atom. The zero-order chi connectivity index (χ0) is 8.27. The lowest BCUT2D eigenvalue weighted by Crippen LogP contribution is -2.42. The van der Waals surface area contributed by atoms with Gasteiger partial charge in [-0.2, -0.15) is 0 Å². The van der Waals surface area contributed by atoms with Gasteiger partial charge in [-0.3, -0.25) is 4.79 Å². The third kappa shape index (κ3) is 2.37. The SMILES string of the molecule is CC(CCl)C(=O)NC1CCC1. The Hall–Kier alpha value is -0.240. The predicted octanol–water partition coefficient (Wildman–Crippen LogP) is 1.53. The Morgan fingerprint density at radius 1 is 1.73 bits per heavy atom. The van der Waals surface area contributed by atoms with E-state index in [1.807, 2.05) is 6.92 Å². The van der Waals surface area contributed by atoms with Crippen molar-refractivity contribution in [2.75, 3.05) is 5.88 Å². The van der Waals surface area contributed by atoms with Crippen molar-refractivity contribution in [2.45, 2.75) is 32.2 Å². The fourth-order valence-electron chi connectivity index (χ4n) is 0.966. The molecule has 3 heteroatoms. The van der Waals surface area contributed by atoms with E-state index in [2.05, 4.69) is 5.32 Å². The average Bonchev–Trinajstić information content (AvgIpc) is 1.94. The summed E-state index contributed by atoms with van der Waals surface area (Å²) in [5.41, 5.74) is 0. The Balaban J connectivity index is 2.19. The monoisotopic (exact) mass is 175 g/mol. The van der Waals surface area contributed by atoms with Gasteiger partial charge in [-0.05, 0) is 19.3 Å². The second kappa shape index (κ2) is 3.96. The molecule has 0 aromatic carbocycles. The number of carbonyl (C=O) groups is 1. The number of rotatable bonds is 3. The molecule has 0 bridgehead atoms. The van der Waals surface area contributed by atoms with Crippen LogP contribution in [0.4, 0.5) is 0 Å². The van der Waals surface area contributed by atoms with E-state index in [1.165, 1.54) is 6.42 Å². The maximum Gasteiger partial charge on any atom is 0.224 e. The Kier molecular flexibility index (Phi) is 3.18. The van der Waals surface area contributed by atoms with Crippen LogP contribution in [0.2, 0.25) is 0 Å². The van der Waals surface area contributed by atoms with Gasteiger partial charge in [0.2, 0.25) is 5.91 Å². The van der Waals surface area contributed by atoms with Crippen molar-refractivity contribution in [2.24, 2.45) is 5.92 Å². The number of alkyl halides is 1. The van der Waals surface area contributed by atoms with Gasteiger partial charge in [-0.25, -0.2) is 0 Å². The first kappa shape index (κ1) is 8.85. The van der Waals surface area contributed by atoms with Crippen LogP contribution < -0.4 is 5.32 Å². The molecule has 0 spiro atoms. The third-order valence-electron chi connectivity index (χ3n) is 2.13. The molecule has 0 radical (unpaired) electrons. The van der Waals surface area contributed by atoms with E-state index in [0.29, 0.717) is 11.9 Å². The lowest BCUT2D eigenvalue weighted by molar-refractivity contribution is -0.125. The van der Waals surface area contributed by atoms with Crippen molar-refractivity contribution in [1.82, 2.24) is 5.32 Å².